The normalized spacial score (nSPS) is 13.9. The monoisotopic (exact) mass is 417 g/mol. The van der Waals surface area contributed by atoms with Crippen LogP contribution < -0.4 is 19.7 Å². The number of nitrogens with zero attached hydrogens (tertiary/aromatic N) is 2. The van der Waals surface area contributed by atoms with Crippen molar-refractivity contribution in [3.8, 4) is 11.5 Å². The molecule has 0 spiro atoms. The van der Waals surface area contributed by atoms with Crippen molar-refractivity contribution in [2.24, 2.45) is 0 Å². The Morgan fingerprint density at radius 1 is 1.10 bits per heavy atom. The van der Waals surface area contributed by atoms with Gasteiger partial charge in [0.1, 0.15) is 0 Å². The zero-order chi connectivity index (χ0) is 20.6. The molecule has 0 radical (unpaired) electrons. The number of amides is 2. The van der Waals surface area contributed by atoms with E-state index in [1.807, 2.05) is 54.3 Å². The van der Waals surface area contributed by atoms with Crippen LogP contribution in [0.3, 0.4) is 0 Å². The third-order valence-corrected chi connectivity index (χ3v) is 5.19. The highest BCUT2D eigenvalue weighted by Crippen LogP contribution is 2.28. The summed E-state index contributed by atoms with van der Waals surface area (Å²) in [6, 6.07) is 13.7. The number of urea groups is 1. The van der Waals surface area contributed by atoms with Gasteiger partial charge < -0.3 is 24.6 Å². The van der Waals surface area contributed by atoms with E-state index in [0.717, 1.165) is 41.5 Å². The van der Waals surface area contributed by atoms with Crippen molar-refractivity contribution in [2.75, 3.05) is 51.3 Å². The molecule has 6 nitrogen and oxygen atoms in total. The molecule has 1 heterocycles. The van der Waals surface area contributed by atoms with Crippen molar-refractivity contribution in [1.29, 1.82) is 0 Å². The van der Waals surface area contributed by atoms with E-state index in [9.17, 15) is 4.79 Å². The molecule has 0 aromatic heterocycles. The second kappa shape index (κ2) is 10.3. The Balaban J connectivity index is 1.45. The number of nitrogens with one attached hydrogen (secondary N) is 1. The highest BCUT2D eigenvalue weighted by Gasteiger charge is 2.21. The molecule has 156 valence electrons. The van der Waals surface area contributed by atoms with Crippen LogP contribution in [0.2, 0.25) is 5.02 Å². The summed E-state index contributed by atoms with van der Waals surface area (Å²) in [5, 5.41) is 3.75. The third-order valence-electron chi connectivity index (χ3n) is 4.96. The first-order valence-corrected chi connectivity index (χ1v) is 10.3. The van der Waals surface area contributed by atoms with Gasteiger partial charge in [0.15, 0.2) is 11.5 Å². The Hall–Kier alpha value is -2.60. The van der Waals surface area contributed by atoms with Crippen molar-refractivity contribution in [3.05, 3.63) is 53.1 Å². The summed E-state index contributed by atoms with van der Waals surface area (Å²) in [5.41, 5.74) is 2.19. The Bertz CT molecular complexity index is 823. The molecule has 3 rings (SSSR count). The van der Waals surface area contributed by atoms with Gasteiger partial charge in [-0.3, -0.25) is 0 Å². The molecule has 2 aromatic carbocycles. The minimum absolute atomic E-state index is 0.0198. The minimum atomic E-state index is -0.0198. The van der Waals surface area contributed by atoms with Gasteiger partial charge in [0.05, 0.1) is 13.7 Å². The lowest BCUT2D eigenvalue weighted by molar-refractivity contribution is 0.194. The summed E-state index contributed by atoms with van der Waals surface area (Å²) in [5.74, 6) is 1.45. The third kappa shape index (κ3) is 5.70. The number of carbonyl (C=O) groups is 1. The molecule has 0 unspecified atom stereocenters. The van der Waals surface area contributed by atoms with Crippen LogP contribution in [-0.4, -0.2) is 57.4 Å². The number of piperazine rings is 1. The van der Waals surface area contributed by atoms with Crippen LogP contribution in [0.15, 0.2) is 42.5 Å². The fraction of sp³-hybridized carbons (Fsp3) is 0.409. The molecule has 1 fully saturated rings. The van der Waals surface area contributed by atoms with Crippen molar-refractivity contribution >= 4 is 23.3 Å². The van der Waals surface area contributed by atoms with Gasteiger partial charge in [-0.1, -0.05) is 23.7 Å². The fourth-order valence-electron chi connectivity index (χ4n) is 3.41. The van der Waals surface area contributed by atoms with E-state index in [-0.39, 0.29) is 6.03 Å². The molecule has 7 heteroatoms. The Morgan fingerprint density at radius 3 is 2.59 bits per heavy atom. The summed E-state index contributed by atoms with van der Waals surface area (Å²) in [4.78, 5) is 16.6. The maximum Gasteiger partial charge on any atom is 0.317 e. The number of ether oxygens (including phenoxy) is 2. The molecular formula is C22H28ClN3O3. The van der Waals surface area contributed by atoms with Gasteiger partial charge in [-0.25, -0.2) is 4.79 Å². The number of methoxy groups -OCH3 is 1. The number of anilines is 1. The maximum atomic E-state index is 12.5. The Morgan fingerprint density at radius 2 is 1.90 bits per heavy atom. The molecule has 29 heavy (non-hydrogen) atoms. The van der Waals surface area contributed by atoms with E-state index < -0.39 is 0 Å². The summed E-state index contributed by atoms with van der Waals surface area (Å²) in [7, 11) is 1.63. The quantitative estimate of drug-likeness (QED) is 0.744. The number of benzene rings is 2. The topological polar surface area (TPSA) is 54.0 Å². The summed E-state index contributed by atoms with van der Waals surface area (Å²) in [6.45, 7) is 6.08. The molecule has 2 aromatic rings. The molecule has 1 saturated heterocycles. The predicted octanol–water partition coefficient (Wildman–Crippen LogP) is 3.82. The average Bonchev–Trinajstić information content (AvgIpc) is 2.75. The first kappa shape index (κ1) is 21.1. The van der Waals surface area contributed by atoms with Gasteiger partial charge in [0.2, 0.25) is 0 Å². The predicted molar refractivity (Wildman–Crippen MR) is 117 cm³/mol. The van der Waals surface area contributed by atoms with Crippen LogP contribution in [0.1, 0.15) is 12.5 Å². The van der Waals surface area contributed by atoms with Gasteiger partial charge >= 0.3 is 6.03 Å². The van der Waals surface area contributed by atoms with E-state index in [1.54, 1.807) is 7.11 Å². The number of hydrogen-bond acceptors (Lipinski definition) is 4. The largest absolute Gasteiger partial charge is 0.493 e. The maximum absolute atomic E-state index is 12.5. The molecule has 1 aliphatic heterocycles. The average molecular weight is 418 g/mol. The lowest BCUT2D eigenvalue weighted by Gasteiger charge is -2.36. The van der Waals surface area contributed by atoms with Crippen molar-refractivity contribution in [1.82, 2.24) is 10.2 Å². The number of rotatable bonds is 7. The van der Waals surface area contributed by atoms with Crippen LogP contribution >= 0.6 is 11.6 Å². The highest BCUT2D eigenvalue weighted by molar-refractivity contribution is 6.30. The Labute approximate surface area is 177 Å². The summed E-state index contributed by atoms with van der Waals surface area (Å²) in [6.07, 6.45) is 0.733. The second-order valence-corrected chi connectivity index (χ2v) is 7.29. The molecule has 0 saturated carbocycles. The van der Waals surface area contributed by atoms with Crippen LogP contribution in [0.5, 0.6) is 11.5 Å². The zero-order valence-corrected chi connectivity index (χ0v) is 17.7. The van der Waals surface area contributed by atoms with E-state index in [1.165, 1.54) is 0 Å². The summed E-state index contributed by atoms with van der Waals surface area (Å²) >= 11 is 6.08. The van der Waals surface area contributed by atoms with E-state index >= 15 is 0 Å². The standard InChI is InChI=1S/C22H28ClN3O3/c1-3-29-20-8-7-17(15-21(20)28-2)9-10-24-22(27)26-13-11-25(12-14-26)19-6-4-5-18(23)16-19/h4-8,15-16H,3,9-14H2,1-2H3,(H,24,27). The van der Waals surface area contributed by atoms with Crippen LogP contribution in [0.25, 0.3) is 0 Å². The zero-order valence-electron chi connectivity index (χ0n) is 17.0. The minimum Gasteiger partial charge on any atom is -0.493 e. The van der Waals surface area contributed by atoms with Crippen LogP contribution in [0, 0.1) is 0 Å². The van der Waals surface area contributed by atoms with E-state index in [2.05, 4.69) is 10.2 Å². The van der Waals surface area contributed by atoms with Gasteiger partial charge in [-0.15, -0.1) is 0 Å². The SMILES string of the molecule is CCOc1ccc(CCNC(=O)N2CCN(c3cccc(Cl)c3)CC2)cc1OC. The fourth-order valence-corrected chi connectivity index (χ4v) is 3.59. The van der Waals surface area contributed by atoms with E-state index in [0.29, 0.717) is 32.0 Å². The molecule has 1 aliphatic rings. The van der Waals surface area contributed by atoms with Gasteiger partial charge in [-0.05, 0) is 49.2 Å². The lowest BCUT2D eigenvalue weighted by atomic mass is 10.1. The molecule has 0 atom stereocenters. The molecule has 0 aliphatic carbocycles. The molecule has 2 amide bonds. The smallest absolute Gasteiger partial charge is 0.317 e. The first-order valence-electron chi connectivity index (χ1n) is 9.93. The number of carbonyl (C=O) groups excluding carboxylic acids is 1. The van der Waals surface area contributed by atoms with Gasteiger partial charge in [0.25, 0.3) is 0 Å². The van der Waals surface area contributed by atoms with Crippen LogP contribution in [-0.2, 0) is 6.42 Å². The van der Waals surface area contributed by atoms with Crippen molar-refractivity contribution in [2.45, 2.75) is 13.3 Å². The lowest BCUT2D eigenvalue weighted by Crippen LogP contribution is -2.52. The van der Waals surface area contributed by atoms with Crippen molar-refractivity contribution < 1.29 is 14.3 Å². The highest BCUT2D eigenvalue weighted by atomic mass is 35.5. The first-order chi connectivity index (χ1) is 14.1. The number of hydrogen-bond donors (Lipinski definition) is 1. The van der Waals surface area contributed by atoms with E-state index in [4.69, 9.17) is 21.1 Å². The molecule has 0 bridgehead atoms. The van der Waals surface area contributed by atoms with Crippen LogP contribution in [0.4, 0.5) is 10.5 Å². The Kier molecular flexibility index (Phi) is 7.47. The van der Waals surface area contributed by atoms with Gasteiger partial charge in [-0.2, -0.15) is 0 Å². The summed E-state index contributed by atoms with van der Waals surface area (Å²) < 4.78 is 10.9. The molecule has 1 N–H and O–H groups in total. The second-order valence-electron chi connectivity index (χ2n) is 6.85. The number of halogens is 1. The molecular weight excluding hydrogens is 390 g/mol. The van der Waals surface area contributed by atoms with Crippen molar-refractivity contribution in [3.63, 3.8) is 0 Å². The van der Waals surface area contributed by atoms with Gasteiger partial charge in [0, 0.05) is 43.4 Å².